The molecule has 3 rings (SSSR count). The van der Waals surface area contributed by atoms with Crippen molar-refractivity contribution >= 4 is 52.2 Å². The van der Waals surface area contributed by atoms with Crippen molar-refractivity contribution in [2.75, 3.05) is 0 Å². The van der Waals surface area contributed by atoms with E-state index in [0.29, 0.717) is 22.6 Å². The largest absolute Gasteiger partial charge is 0.508 e. The molecule has 1 aliphatic heterocycles. The maximum Gasteiger partial charge on any atom is 0.344 e. The number of nitrogens with zero attached hydrogens (tertiary/aromatic N) is 1. The third kappa shape index (κ3) is 5.41. The molecule has 31 heavy (non-hydrogen) atoms. The molecule has 1 heterocycles. The first kappa shape index (κ1) is 22.3. The number of amides is 2. The van der Waals surface area contributed by atoms with E-state index in [2.05, 4.69) is 5.43 Å². The van der Waals surface area contributed by atoms with Crippen molar-refractivity contribution in [3.8, 4) is 11.5 Å². The van der Waals surface area contributed by atoms with E-state index in [1.54, 1.807) is 37.3 Å². The summed E-state index contributed by atoms with van der Waals surface area (Å²) < 4.78 is 5.58. The number of carbonyl (C=O) groups is 3. The third-order valence-corrected chi connectivity index (χ3v) is 5.52. The molecular weight excluding hydrogens is 440 g/mol. The molecule has 0 aromatic heterocycles. The number of carbonyl (C=O) groups excluding carboxylic acids is 2. The highest BCUT2D eigenvalue weighted by atomic mass is 32.2. The molecule has 1 unspecified atom stereocenters. The highest BCUT2D eigenvalue weighted by molar-refractivity contribution is 8.26. The summed E-state index contributed by atoms with van der Waals surface area (Å²) in [6, 6.07) is 12.3. The standard InChI is InChI=1S/C21H18N2O6S2/c1-2-16(20(27)28)29-15-8-6-12(7-9-15)10-17-19(26)23(21(30)31-17)22-18(25)13-4-3-5-14(24)11-13/h3-11,16,24H,2H2,1H3,(H,22,25)(H,27,28)/b17-10-. The Bertz CT molecular complexity index is 1070. The van der Waals surface area contributed by atoms with Crippen LogP contribution in [0.25, 0.3) is 6.08 Å². The van der Waals surface area contributed by atoms with Gasteiger partial charge in [-0.3, -0.25) is 15.0 Å². The van der Waals surface area contributed by atoms with Crippen LogP contribution in [0, 0.1) is 0 Å². The molecule has 1 saturated heterocycles. The van der Waals surface area contributed by atoms with Crippen LogP contribution in [-0.4, -0.2) is 43.4 Å². The maximum absolute atomic E-state index is 12.7. The molecule has 2 amide bonds. The first-order valence-electron chi connectivity index (χ1n) is 9.16. The number of phenolic OH excluding ortho intramolecular Hbond substituents is 1. The van der Waals surface area contributed by atoms with E-state index in [0.717, 1.165) is 16.8 Å². The second-order valence-electron chi connectivity index (χ2n) is 6.43. The Kier molecular flexibility index (Phi) is 6.93. The predicted molar refractivity (Wildman–Crippen MR) is 119 cm³/mol. The van der Waals surface area contributed by atoms with Crippen molar-refractivity contribution in [1.29, 1.82) is 0 Å². The summed E-state index contributed by atoms with van der Waals surface area (Å²) in [6.07, 6.45) is 1.00. The molecule has 0 spiro atoms. The number of carboxylic acid groups (broad SMARTS) is 1. The molecule has 10 heteroatoms. The number of aromatic hydroxyl groups is 1. The van der Waals surface area contributed by atoms with Gasteiger partial charge in [0.15, 0.2) is 10.4 Å². The number of nitrogens with one attached hydrogen (secondary N) is 1. The van der Waals surface area contributed by atoms with Crippen molar-refractivity contribution in [3.05, 3.63) is 64.6 Å². The summed E-state index contributed by atoms with van der Waals surface area (Å²) in [5.41, 5.74) is 3.30. The molecule has 0 radical (unpaired) electrons. The van der Waals surface area contributed by atoms with Crippen LogP contribution in [0.3, 0.4) is 0 Å². The fourth-order valence-corrected chi connectivity index (χ4v) is 3.82. The number of thiocarbonyl (C=S) groups is 1. The van der Waals surface area contributed by atoms with Crippen molar-refractivity contribution in [1.82, 2.24) is 10.4 Å². The minimum absolute atomic E-state index is 0.0704. The van der Waals surface area contributed by atoms with Crippen LogP contribution in [0.1, 0.15) is 29.3 Å². The van der Waals surface area contributed by atoms with Gasteiger partial charge < -0.3 is 14.9 Å². The van der Waals surface area contributed by atoms with Crippen molar-refractivity contribution in [2.45, 2.75) is 19.4 Å². The van der Waals surface area contributed by atoms with Crippen LogP contribution in [0.2, 0.25) is 0 Å². The summed E-state index contributed by atoms with van der Waals surface area (Å²) in [6.45, 7) is 1.72. The fraction of sp³-hybridized carbons (Fsp3) is 0.143. The number of benzene rings is 2. The highest BCUT2D eigenvalue weighted by Crippen LogP contribution is 2.32. The Labute approximate surface area is 187 Å². The van der Waals surface area contributed by atoms with Crippen molar-refractivity contribution in [3.63, 3.8) is 0 Å². The topological polar surface area (TPSA) is 116 Å². The van der Waals surface area contributed by atoms with Crippen molar-refractivity contribution < 1.29 is 29.3 Å². The zero-order valence-electron chi connectivity index (χ0n) is 16.3. The molecule has 0 bridgehead atoms. The Morgan fingerprint density at radius 2 is 1.97 bits per heavy atom. The smallest absolute Gasteiger partial charge is 0.344 e. The lowest BCUT2D eigenvalue weighted by atomic mass is 10.2. The molecule has 1 fully saturated rings. The number of ether oxygens (including phenoxy) is 1. The second kappa shape index (κ2) is 9.63. The molecular formula is C21H18N2O6S2. The molecule has 0 aliphatic carbocycles. The first-order chi connectivity index (χ1) is 14.8. The van der Waals surface area contributed by atoms with Crippen LogP contribution >= 0.6 is 24.0 Å². The first-order valence-corrected chi connectivity index (χ1v) is 10.4. The van der Waals surface area contributed by atoms with Crippen LogP contribution in [0.4, 0.5) is 0 Å². The van der Waals surface area contributed by atoms with Crippen LogP contribution in [0.15, 0.2) is 53.4 Å². The van der Waals surface area contributed by atoms with E-state index >= 15 is 0 Å². The quantitative estimate of drug-likeness (QED) is 0.428. The minimum Gasteiger partial charge on any atom is -0.508 e. The summed E-state index contributed by atoms with van der Waals surface area (Å²) in [5, 5.41) is 19.6. The molecule has 1 atom stereocenters. The van der Waals surface area contributed by atoms with E-state index in [1.165, 1.54) is 24.3 Å². The lowest BCUT2D eigenvalue weighted by molar-refractivity contribution is -0.145. The molecule has 1 aliphatic rings. The second-order valence-corrected chi connectivity index (χ2v) is 8.11. The average Bonchev–Trinajstić information content (AvgIpc) is 3.00. The van der Waals surface area contributed by atoms with Crippen LogP contribution < -0.4 is 10.2 Å². The normalized spacial score (nSPS) is 15.8. The Hall–Kier alpha value is -3.37. The van der Waals surface area contributed by atoms with Gasteiger partial charge >= 0.3 is 5.97 Å². The number of phenols is 1. The van der Waals surface area contributed by atoms with Gasteiger partial charge in [-0.05, 0) is 60.6 Å². The lowest BCUT2D eigenvalue weighted by Crippen LogP contribution is -2.44. The number of thioether (sulfide) groups is 1. The molecule has 3 N–H and O–H groups in total. The van der Waals surface area contributed by atoms with Crippen LogP contribution in [0.5, 0.6) is 11.5 Å². The summed E-state index contributed by atoms with van der Waals surface area (Å²) >= 11 is 6.23. The zero-order chi connectivity index (χ0) is 22.5. The minimum atomic E-state index is -1.04. The molecule has 8 nitrogen and oxygen atoms in total. The monoisotopic (exact) mass is 458 g/mol. The van der Waals surface area contributed by atoms with E-state index < -0.39 is 23.9 Å². The Balaban J connectivity index is 1.70. The van der Waals surface area contributed by atoms with Gasteiger partial charge in [-0.1, -0.05) is 36.9 Å². The van der Waals surface area contributed by atoms with Crippen molar-refractivity contribution in [2.24, 2.45) is 0 Å². The molecule has 0 saturated carbocycles. The van der Waals surface area contributed by atoms with E-state index in [9.17, 15) is 19.5 Å². The summed E-state index contributed by atoms with van der Waals surface area (Å²) in [5.74, 6) is -1.78. The average molecular weight is 459 g/mol. The van der Waals surface area contributed by atoms with Gasteiger partial charge in [0.1, 0.15) is 11.5 Å². The number of aliphatic carboxylic acids is 1. The summed E-state index contributed by atoms with van der Waals surface area (Å²) in [7, 11) is 0. The molecule has 2 aromatic carbocycles. The highest BCUT2D eigenvalue weighted by Gasteiger charge is 2.33. The number of carboxylic acids is 1. The SMILES string of the molecule is CCC(Oc1ccc(/C=C2\SC(=S)N(NC(=O)c3cccc(O)c3)C2=O)cc1)C(=O)O. The number of hydrogen-bond donors (Lipinski definition) is 3. The van der Waals surface area contributed by atoms with E-state index in [1.807, 2.05) is 0 Å². The van der Waals surface area contributed by atoms with Gasteiger partial charge in [0.25, 0.3) is 11.8 Å². The van der Waals surface area contributed by atoms with Crippen LogP contribution in [-0.2, 0) is 9.59 Å². The number of hydrazine groups is 1. The fourth-order valence-electron chi connectivity index (χ4n) is 2.64. The van der Waals surface area contributed by atoms with Gasteiger partial charge in [-0.2, -0.15) is 5.01 Å². The maximum atomic E-state index is 12.7. The van der Waals surface area contributed by atoms with Gasteiger partial charge in [-0.15, -0.1) is 0 Å². The van der Waals surface area contributed by atoms with E-state index in [-0.39, 0.29) is 15.6 Å². The number of hydrogen-bond acceptors (Lipinski definition) is 7. The van der Waals surface area contributed by atoms with E-state index in [4.69, 9.17) is 22.1 Å². The summed E-state index contributed by atoms with van der Waals surface area (Å²) in [4.78, 5) is 36.4. The molecule has 160 valence electrons. The Morgan fingerprint density at radius 1 is 1.26 bits per heavy atom. The van der Waals surface area contributed by atoms with Gasteiger partial charge in [0, 0.05) is 5.56 Å². The van der Waals surface area contributed by atoms with Gasteiger partial charge in [0.05, 0.1) is 4.91 Å². The van der Waals surface area contributed by atoms with Gasteiger partial charge in [-0.25, -0.2) is 4.79 Å². The molecule has 2 aromatic rings. The lowest BCUT2D eigenvalue weighted by Gasteiger charge is -2.15. The Morgan fingerprint density at radius 3 is 2.58 bits per heavy atom. The van der Waals surface area contributed by atoms with Gasteiger partial charge in [0.2, 0.25) is 0 Å². The zero-order valence-corrected chi connectivity index (χ0v) is 17.9. The predicted octanol–water partition coefficient (Wildman–Crippen LogP) is 3.18. The third-order valence-electron chi connectivity index (χ3n) is 4.22. The number of rotatable bonds is 7.